The molecule has 0 aliphatic carbocycles. The van der Waals surface area contributed by atoms with Gasteiger partial charge in [0.1, 0.15) is 12.1 Å². The Morgan fingerprint density at radius 2 is 1.42 bits per heavy atom. The number of piperidine rings is 4. The molecule has 0 spiro atoms. The maximum Gasteiger partial charge on any atom is 0.326 e. The summed E-state index contributed by atoms with van der Waals surface area (Å²) in [6, 6.07) is 10.4. The summed E-state index contributed by atoms with van der Waals surface area (Å²) in [6.45, 7) is 11.3. The van der Waals surface area contributed by atoms with Crippen LogP contribution in [-0.4, -0.2) is 95.1 Å². The molecule has 4 N–H and O–H groups in total. The van der Waals surface area contributed by atoms with Crippen LogP contribution in [0.4, 0.5) is 0 Å². The number of carboxylic acids is 2. The van der Waals surface area contributed by atoms with Crippen molar-refractivity contribution in [3.63, 3.8) is 0 Å². The minimum absolute atomic E-state index is 0.0980. The van der Waals surface area contributed by atoms with Crippen LogP contribution in [0.2, 0.25) is 0 Å². The Labute approximate surface area is 265 Å². The number of hydrogen-bond acceptors (Lipinski definition) is 6. The summed E-state index contributed by atoms with van der Waals surface area (Å²) in [5.41, 5.74) is 3.33. The van der Waals surface area contributed by atoms with E-state index in [0.29, 0.717) is 30.1 Å². The second kappa shape index (κ2) is 14.1. The van der Waals surface area contributed by atoms with Crippen LogP contribution in [-0.2, 0) is 9.59 Å². The Hall–Kier alpha value is -3.76. The van der Waals surface area contributed by atoms with Crippen molar-refractivity contribution < 1.29 is 29.4 Å². The van der Waals surface area contributed by atoms with Gasteiger partial charge >= 0.3 is 11.9 Å². The minimum Gasteiger partial charge on any atom is -0.480 e. The average Bonchev–Trinajstić information content (AvgIpc) is 3.03. The molecule has 0 saturated carbocycles. The van der Waals surface area contributed by atoms with E-state index >= 15 is 0 Å². The number of rotatable bonds is 11. The van der Waals surface area contributed by atoms with Gasteiger partial charge in [0.05, 0.1) is 0 Å². The highest BCUT2D eigenvalue weighted by atomic mass is 16.4. The lowest BCUT2D eigenvalue weighted by Gasteiger charge is -2.46. The van der Waals surface area contributed by atoms with Gasteiger partial charge in [0.15, 0.2) is 0 Å². The molecule has 2 aromatic rings. The van der Waals surface area contributed by atoms with Gasteiger partial charge in [0.2, 0.25) is 0 Å². The summed E-state index contributed by atoms with van der Waals surface area (Å²) in [7, 11) is 0. The summed E-state index contributed by atoms with van der Waals surface area (Å²) in [6.07, 6.45) is 3.84. The number of carbonyl (C=O) groups is 4. The van der Waals surface area contributed by atoms with E-state index in [4.69, 9.17) is 0 Å². The number of nitrogens with one attached hydrogen (secondary N) is 2. The lowest BCUT2D eigenvalue weighted by molar-refractivity contribution is -0.143. The average molecular weight is 619 g/mol. The highest BCUT2D eigenvalue weighted by Gasteiger charge is 2.42. The number of likely N-dealkylation sites (tertiary alicyclic amines) is 1. The quantitative estimate of drug-likeness (QED) is 0.299. The highest BCUT2D eigenvalue weighted by molar-refractivity contribution is 5.98. The molecule has 2 bridgehead atoms. The third-order valence-corrected chi connectivity index (χ3v) is 10.3. The first-order chi connectivity index (χ1) is 21.5. The van der Waals surface area contributed by atoms with Crippen LogP contribution in [0.25, 0.3) is 11.1 Å². The number of hydrogen-bond donors (Lipinski definition) is 4. The van der Waals surface area contributed by atoms with Gasteiger partial charge in [-0.25, -0.2) is 9.59 Å². The van der Waals surface area contributed by atoms with Gasteiger partial charge < -0.3 is 30.6 Å². The Morgan fingerprint density at radius 1 is 0.822 bits per heavy atom. The number of fused-ring (bicyclic) bond motifs is 3. The highest BCUT2D eigenvalue weighted by Crippen LogP contribution is 2.35. The zero-order valence-electron chi connectivity index (χ0n) is 26.5. The molecular formula is C35H46N4O6. The van der Waals surface area contributed by atoms with Gasteiger partial charge in [0, 0.05) is 36.1 Å². The van der Waals surface area contributed by atoms with E-state index in [1.165, 1.54) is 0 Å². The predicted molar refractivity (Wildman–Crippen MR) is 171 cm³/mol. The minimum atomic E-state index is -1.02. The molecule has 10 nitrogen and oxygen atoms in total. The SMILES string of the molecule is CCCN1CCC(C)[C@@H]([C@@H](NC(=O)c2ccc(-c3ccc(C(=O)N[C@@H](C(=O)O)[C@H]4CN5CCC4CC5)cc3)c(C)c2)C(=O)O)C1. The van der Waals surface area contributed by atoms with Gasteiger partial charge in [-0.3, -0.25) is 9.59 Å². The fraction of sp³-hybridized carbons (Fsp3) is 0.543. The molecule has 5 atom stereocenters. The van der Waals surface area contributed by atoms with Crippen molar-refractivity contribution in [3.8, 4) is 11.1 Å². The Kier molecular flexibility index (Phi) is 10.2. The van der Waals surface area contributed by atoms with Crippen molar-refractivity contribution >= 4 is 23.8 Å². The normalized spacial score (nSPS) is 26.1. The second-order valence-electron chi connectivity index (χ2n) is 13.2. The smallest absolute Gasteiger partial charge is 0.326 e. The third-order valence-electron chi connectivity index (χ3n) is 10.3. The largest absolute Gasteiger partial charge is 0.480 e. The fourth-order valence-corrected chi connectivity index (χ4v) is 7.59. The molecule has 45 heavy (non-hydrogen) atoms. The topological polar surface area (TPSA) is 139 Å². The van der Waals surface area contributed by atoms with Crippen molar-refractivity contribution in [2.75, 3.05) is 39.3 Å². The van der Waals surface area contributed by atoms with E-state index < -0.39 is 35.8 Å². The van der Waals surface area contributed by atoms with Gasteiger partial charge in [-0.1, -0.05) is 32.0 Å². The molecule has 0 radical (unpaired) electrons. The van der Waals surface area contributed by atoms with E-state index in [1.54, 1.807) is 24.3 Å². The van der Waals surface area contributed by atoms with Crippen LogP contribution < -0.4 is 10.6 Å². The number of amides is 2. The monoisotopic (exact) mass is 618 g/mol. The standard InChI is InChI=1S/C35H46N4O6/c1-4-14-38-15-11-21(2)28(19-38)30(34(42)43)36-33(41)26-9-10-27(22(3)18-26)23-5-7-25(8-6-23)32(40)37-31(35(44)45)29-20-39-16-12-24(29)13-17-39/h5-10,18,21,24,28-31H,4,11-17,19-20H2,1-3H3,(H,36,41)(H,37,40)(H,42,43)(H,44,45)/t21?,28-,29-,30+,31+/m0/s1. The van der Waals surface area contributed by atoms with Crippen LogP contribution in [0.5, 0.6) is 0 Å². The predicted octanol–water partition coefficient (Wildman–Crippen LogP) is 3.74. The van der Waals surface area contributed by atoms with Crippen LogP contribution in [0.3, 0.4) is 0 Å². The van der Waals surface area contributed by atoms with E-state index in [2.05, 4.69) is 34.3 Å². The van der Waals surface area contributed by atoms with Crippen LogP contribution in [0.15, 0.2) is 42.5 Å². The van der Waals surface area contributed by atoms with E-state index in [-0.39, 0.29) is 17.8 Å². The molecule has 4 fully saturated rings. The first-order valence-electron chi connectivity index (χ1n) is 16.3. The summed E-state index contributed by atoms with van der Waals surface area (Å²) in [4.78, 5) is 55.3. The first kappa shape index (κ1) is 32.6. The first-order valence-corrected chi connectivity index (χ1v) is 16.3. The van der Waals surface area contributed by atoms with E-state index in [1.807, 2.05) is 25.1 Å². The number of aliphatic carboxylic acids is 2. The molecule has 10 heteroatoms. The van der Waals surface area contributed by atoms with Crippen LogP contribution in [0, 0.1) is 30.6 Å². The Morgan fingerprint density at radius 3 is 1.98 bits per heavy atom. The Balaban J connectivity index is 1.24. The van der Waals surface area contributed by atoms with Crippen molar-refractivity contribution in [1.29, 1.82) is 0 Å². The third kappa shape index (κ3) is 7.39. The van der Waals surface area contributed by atoms with Crippen molar-refractivity contribution in [2.24, 2.45) is 23.7 Å². The van der Waals surface area contributed by atoms with E-state index in [9.17, 15) is 29.4 Å². The van der Waals surface area contributed by atoms with Gasteiger partial charge in [-0.2, -0.15) is 0 Å². The number of benzene rings is 2. The molecule has 4 aliphatic rings. The molecule has 4 aliphatic heterocycles. The summed E-state index contributed by atoms with van der Waals surface area (Å²) < 4.78 is 0. The molecule has 242 valence electrons. The van der Waals surface area contributed by atoms with Crippen molar-refractivity contribution in [2.45, 2.75) is 58.5 Å². The summed E-state index contributed by atoms with van der Waals surface area (Å²) in [5, 5.41) is 25.5. The lowest BCUT2D eigenvalue weighted by Crippen LogP contribution is -2.57. The number of nitrogens with zero attached hydrogens (tertiary/aromatic N) is 2. The molecular weight excluding hydrogens is 572 g/mol. The number of aryl methyl sites for hydroxylation is 1. The van der Waals surface area contributed by atoms with Gasteiger partial charge in [-0.15, -0.1) is 0 Å². The number of carbonyl (C=O) groups excluding carboxylic acids is 2. The fourth-order valence-electron chi connectivity index (χ4n) is 7.59. The summed E-state index contributed by atoms with van der Waals surface area (Å²) in [5.74, 6) is -2.62. The van der Waals surface area contributed by atoms with E-state index in [0.717, 1.165) is 68.6 Å². The van der Waals surface area contributed by atoms with Gasteiger partial charge in [0.25, 0.3) is 11.8 Å². The molecule has 0 aromatic heterocycles. The zero-order chi connectivity index (χ0) is 32.2. The van der Waals surface area contributed by atoms with Crippen molar-refractivity contribution in [1.82, 2.24) is 20.4 Å². The second-order valence-corrected chi connectivity index (χ2v) is 13.2. The van der Waals surface area contributed by atoms with Gasteiger partial charge in [-0.05, 0) is 112 Å². The van der Waals surface area contributed by atoms with Crippen molar-refractivity contribution in [3.05, 3.63) is 59.2 Å². The maximum absolute atomic E-state index is 13.3. The molecule has 2 aromatic carbocycles. The summed E-state index contributed by atoms with van der Waals surface area (Å²) >= 11 is 0. The van der Waals surface area contributed by atoms with Crippen LogP contribution >= 0.6 is 0 Å². The Bertz CT molecular complexity index is 1400. The molecule has 4 heterocycles. The molecule has 4 saturated heterocycles. The zero-order valence-corrected chi connectivity index (χ0v) is 26.5. The number of carboxylic acid groups (broad SMARTS) is 2. The lowest BCUT2D eigenvalue weighted by atomic mass is 9.75. The molecule has 2 amide bonds. The van der Waals surface area contributed by atoms with Crippen LogP contribution in [0.1, 0.15) is 65.8 Å². The molecule has 6 rings (SSSR count). The maximum atomic E-state index is 13.3. The molecule has 1 unspecified atom stereocenters.